The molecule has 3 rings (SSSR count). The second kappa shape index (κ2) is 6.34. The van der Waals surface area contributed by atoms with E-state index in [4.69, 9.17) is 14.9 Å². The molecular formula is C15H20N4O2. The molecule has 0 radical (unpaired) electrons. The normalized spacial score (nSPS) is 19.8. The molecule has 0 saturated carbocycles. The van der Waals surface area contributed by atoms with Gasteiger partial charge in [-0.2, -0.15) is 0 Å². The fourth-order valence-corrected chi connectivity index (χ4v) is 2.47. The molecule has 0 spiro atoms. The standard InChI is InChI=1S/C15H20N4O2/c1-11-3-2-4-12(7-11)15-18-17-14(21-15)10-19-5-6-20-13(8-16)9-19/h2-4,7,13H,5-6,8-10,16H2,1H3. The Balaban J connectivity index is 1.68. The Bertz CT molecular complexity index is 599. The average Bonchev–Trinajstić information content (AvgIpc) is 2.96. The first-order chi connectivity index (χ1) is 10.2. The van der Waals surface area contributed by atoms with Gasteiger partial charge in [-0.05, 0) is 19.1 Å². The molecule has 1 aliphatic heterocycles. The van der Waals surface area contributed by atoms with Gasteiger partial charge in [0.1, 0.15) is 0 Å². The molecule has 0 aliphatic carbocycles. The zero-order chi connectivity index (χ0) is 14.7. The van der Waals surface area contributed by atoms with Crippen molar-refractivity contribution in [3.05, 3.63) is 35.7 Å². The summed E-state index contributed by atoms with van der Waals surface area (Å²) in [5.41, 5.74) is 7.78. The van der Waals surface area contributed by atoms with E-state index < -0.39 is 0 Å². The Hall–Kier alpha value is -1.76. The summed E-state index contributed by atoms with van der Waals surface area (Å²) >= 11 is 0. The van der Waals surface area contributed by atoms with Crippen LogP contribution in [0.5, 0.6) is 0 Å². The van der Waals surface area contributed by atoms with Crippen molar-refractivity contribution >= 4 is 0 Å². The summed E-state index contributed by atoms with van der Waals surface area (Å²) in [6.07, 6.45) is 0.0953. The molecule has 0 bridgehead atoms. The van der Waals surface area contributed by atoms with E-state index in [1.165, 1.54) is 5.56 Å². The lowest BCUT2D eigenvalue weighted by atomic mass is 10.1. The largest absolute Gasteiger partial charge is 0.419 e. The van der Waals surface area contributed by atoms with Gasteiger partial charge in [0.2, 0.25) is 11.8 Å². The maximum Gasteiger partial charge on any atom is 0.247 e. The highest BCUT2D eigenvalue weighted by atomic mass is 16.5. The zero-order valence-corrected chi connectivity index (χ0v) is 12.2. The molecule has 1 aromatic heterocycles. The predicted octanol–water partition coefficient (Wildman–Crippen LogP) is 1.20. The fourth-order valence-electron chi connectivity index (χ4n) is 2.47. The highest BCUT2D eigenvalue weighted by molar-refractivity contribution is 5.53. The molecule has 21 heavy (non-hydrogen) atoms. The van der Waals surface area contributed by atoms with E-state index in [0.717, 1.165) is 18.7 Å². The van der Waals surface area contributed by atoms with E-state index in [1.807, 2.05) is 31.2 Å². The summed E-state index contributed by atoms with van der Waals surface area (Å²) in [6, 6.07) is 8.05. The van der Waals surface area contributed by atoms with Gasteiger partial charge < -0.3 is 14.9 Å². The molecule has 1 atom stereocenters. The number of nitrogens with two attached hydrogens (primary N) is 1. The van der Waals surface area contributed by atoms with E-state index in [9.17, 15) is 0 Å². The van der Waals surface area contributed by atoms with E-state index in [0.29, 0.717) is 31.5 Å². The Morgan fingerprint density at radius 3 is 3.10 bits per heavy atom. The topological polar surface area (TPSA) is 77.4 Å². The highest BCUT2D eigenvalue weighted by Gasteiger charge is 2.21. The number of hydrogen-bond acceptors (Lipinski definition) is 6. The van der Waals surface area contributed by atoms with Crippen molar-refractivity contribution in [3.63, 3.8) is 0 Å². The number of benzene rings is 1. The molecule has 1 saturated heterocycles. The Morgan fingerprint density at radius 1 is 1.38 bits per heavy atom. The van der Waals surface area contributed by atoms with E-state index in [2.05, 4.69) is 15.1 Å². The minimum absolute atomic E-state index is 0.0953. The SMILES string of the molecule is Cc1cccc(-c2nnc(CN3CCOC(CN)C3)o2)c1. The van der Waals surface area contributed by atoms with Gasteiger partial charge in [-0.1, -0.05) is 17.7 Å². The molecule has 2 aromatic rings. The third-order valence-corrected chi connectivity index (χ3v) is 3.58. The van der Waals surface area contributed by atoms with Crippen LogP contribution in [0.15, 0.2) is 28.7 Å². The van der Waals surface area contributed by atoms with E-state index in [-0.39, 0.29) is 6.10 Å². The van der Waals surface area contributed by atoms with Crippen molar-refractivity contribution in [3.8, 4) is 11.5 Å². The maximum atomic E-state index is 5.76. The minimum Gasteiger partial charge on any atom is -0.419 e. The number of ether oxygens (including phenoxy) is 1. The number of aryl methyl sites for hydroxylation is 1. The van der Waals surface area contributed by atoms with E-state index in [1.54, 1.807) is 0 Å². The second-order valence-corrected chi connectivity index (χ2v) is 5.33. The number of nitrogens with zero attached hydrogens (tertiary/aromatic N) is 3. The monoisotopic (exact) mass is 288 g/mol. The lowest BCUT2D eigenvalue weighted by molar-refractivity contribution is -0.0283. The van der Waals surface area contributed by atoms with Crippen LogP contribution in [0.1, 0.15) is 11.5 Å². The summed E-state index contributed by atoms with van der Waals surface area (Å²) in [4.78, 5) is 2.23. The maximum absolute atomic E-state index is 5.76. The molecule has 6 nitrogen and oxygen atoms in total. The summed E-state index contributed by atoms with van der Waals surface area (Å²) in [5, 5.41) is 8.27. The molecule has 1 aliphatic rings. The first-order valence-corrected chi connectivity index (χ1v) is 7.18. The van der Waals surface area contributed by atoms with Gasteiger partial charge in [-0.25, -0.2) is 0 Å². The predicted molar refractivity (Wildman–Crippen MR) is 78.5 cm³/mol. The zero-order valence-electron chi connectivity index (χ0n) is 12.2. The van der Waals surface area contributed by atoms with Crippen LogP contribution in [0.25, 0.3) is 11.5 Å². The summed E-state index contributed by atoms with van der Waals surface area (Å²) in [6.45, 7) is 5.58. The van der Waals surface area contributed by atoms with Crippen molar-refractivity contribution in [2.45, 2.75) is 19.6 Å². The van der Waals surface area contributed by atoms with Gasteiger partial charge in [-0.15, -0.1) is 10.2 Å². The first kappa shape index (κ1) is 14.2. The molecule has 112 valence electrons. The van der Waals surface area contributed by atoms with Crippen molar-refractivity contribution in [1.82, 2.24) is 15.1 Å². The smallest absolute Gasteiger partial charge is 0.247 e. The molecule has 6 heteroatoms. The molecular weight excluding hydrogens is 268 g/mol. The Labute approximate surface area is 123 Å². The Morgan fingerprint density at radius 2 is 2.29 bits per heavy atom. The van der Waals surface area contributed by atoms with Gasteiger partial charge in [-0.3, -0.25) is 4.90 Å². The van der Waals surface area contributed by atoms with Gasteiger partial charge >= 0.3 is 0 Å². The average molecular weight is 288 g/mol. The Kier molecular flexibility index (Phi) is 4.28. The van der Waals surface area contributed by atoms with Crippen LogP contribution in [-0.4, -0.2) is 47.4 Å². The molecule has 1 fully saturated rings. The van der Waals surface area contributed by atoms with Crippen molar-refractivity contribution in [1.29, 1.82) is 0 Å². The van der Waals surface area contributed by atoms with Gasteiger partial charge in [0.25, 0.3) is 0 Å². The van der Waals surface area contributed by atoms with Crippen LogP contribution in [0.2, 0.25) is 0 Å². The van der Waals surface area contributed by atoms with Gasteiger partial charge in [0, 0.05) is 25.2 Å². The van der Waals surface area contributed by atoms with Crippen LogP contribution >= 0.6 is 0 Å². The molecule has 2 heterocycles. The lowest BCUT2D eigenvalue weighted by Crippen LogP contribution is -2.45. The molecule has 0 amide bonds. The number of hydrogen-bond donors (Lipinski definition) is 1. The fraction of sp³-hybridized carbons (Fsp3) is 0.467. The van der Waals surface area contributed by atoms with Gasteiger partial charge in [0.05, 0.1) is 19.3 Å². The van der Waals surface area contributed by atoms with Crippen molar-refractivity contribution < 1.29 is 9.15 Å². The lowest BCUT2D eigenvalue weighted by Gasteiger charge is -2.31. The third-order valence-electron chi connectivity index (χ3n) is 3.58. The molecule has 1 unspecified atom stereocenters. The summed E-state index contributed by atoms with van der Waals surface area (Å²) < 4.78 is 11.3. The third kappa shape index (κ3) is 3.47. The minimum atomic E-state index is 0.0953. The number of aromatic nitrogens is 2. The molecule has 1 aromatic carbocycles. The number of rotatable bonds is 4. The van der Waals surface area contributed by atoms with Crippen molar-refractivity contribution in [2.75, 3.05) is 26.2 Å². The van der Waals surface area contributed by atoms with Crippen molar-refractivity contribution in [2.24, 2.45) is 5.73 Å². The van der Waals surface area contributed by atoms with Crippen LogP contribution in [0.4, 0.5) is 0 Å². The molecule has 2 N–H and O–H groups in total. The number of morpholine rings is 1. The summed E-state index contributed by atoms with van der Waals surface area (Å²) in [7, 11) is 0. The summed E-state index contributed by atoms with van der Waals surface area (Å²) in [5.74, 6) is 1.20. The first-order valence-electron chi connectivity index (χ1n) is 7.18. The second-order valence-electron chi connectivity index (χ2n) is 5.33. The van der Waals surface area contributed by atoms with Crippen LogP contribution < -0.4 is 5.73 Å². The van der Waals surface area contributed by atoms with Crippen LogP contribution in [-0.2, 0) is 11.3 Å². The highest BCUT2D eigenvalue weighted by Crippen LogP contribution is 2.19. The van der Waals surface area contributed by atoms with Crippen LogP contribution in [0.3, 0.4) is 0 Å². The van der Waals surface area contributed by atoms with E-state index >= 15 is 0 Å². The van der Waals surface area contributed by atoms with Gasteiger partial charge in [0.15, 0.2) is 0 Å². The van der Waals surface area contributed by atoms with Crippen LogP contribution in [0, 0.1) is 6.92 Å². The quantitative estimate of drug-likeness (QED) is 0.911.